The first-order valence-corrected chi connectivity index (χ1v) is 5.13. The fourth-order valence-corrected chi connectivity index (χ4v) is 1.73. The molecular formula is C11H8ClNO3. The predicted octanol–water partition coefficient (Wildman–Crippen LogP) is 1.72. The molecule has 16 heavy (non-hydrogen) atoms. The van der Waals surface area contributed by atoms with E-state index in [2.05, 4.69) is 0 Å². The summed E-state index contributed by atoms with van der Waals surface area (Å²) in [6.07, 6.45) is 0.490. The quantitative estimate of drug-likeness (QED) is 0.581. The lowest BCUT2D eigenvalue weighted by Gasteiger charge is -2.13. The average Bonchev–Trinajstić information content (AvgIpc) is 2.59. The molecule has 2 rings (SSSR count). The van der Waals surface area contributed by atoms with Crippen LogP contribution in [0.5, 0.6) is 0 Å². The molecule has 82 valence electrons. The third-order valence-electron chi connectivity index (χ3n) is 2.40. The standard InChI is InChI=1S/C11H8ClNO3/c12-11(16)7-1-3-8(4-2-7)13-9(14)5-6-10(13)15/h1-4H,5-6H2. The molecular weight excluding hydrogens is 230 g/mol. The summed E-state index contributed by atoms with van der Waals surface area (Å²) in [5.41, 5.74) is 0.818. The molecule has 0 aromatic heterocycles. The molecule has 1 aliphatic heterocycles. The van der Waals surface area contributed by atoms with Gasteiger partial charge >= 0.3 is 0 Å². The van der Waals surface area contributed by atoms with Gasteiger partial charge in [0, 0.05) is 18.4 Å². The van der Waals surface area contributed by atoms with Gasteiger partial charge in [0.25, 0.3) is 5.24 Å². The van der Waals surface area contributed by atoms with Gasteiger partial charge < -0.3 is 0 Å². The number of imide groups is 1. The number of halogens is 1. The molecule has 0 unspecified atom stereocenters. The Morgan fingerprint density at radius 1 is 1.06 bits per heavy atom. The van der Waals surface area contributed by atoms with Crippen LogP contribution in [0, 0.1) is 0 Å². The highest BCUT2D eigenvalue weighted by atomic mass is 35.5. The smallest absolute Gasteiger partial charge is 0.252 e. The molecule has 1 fully saturated rings. The maximum absolute atomic E-state index is 11.4. The second-order valence-corrected chi connectivity index (χ2v) is 3.79. The maximum Gasteiger partial charge on any atom is 0.252 e. The second kappa shape index (κ2) is 4.06. The number of amides is 2. The topological polar surface area (TPSA) is 54.5 Å². The SMILES string of the molecule is O=C(Cl)c1ccc(N2C(=O)CCC2=O)cc1. The first-order chi connectivity index (χ1) is 7.59. The molecule has 1 aliphatic rings. The number of benzene rings is 1. The molecule has 0 aliphatic carbocycles. The van der Waals surface area contributed by atoms with Gasteiger partial charge in [-0.2, -0.15) is 0 Å². The molecule has 0 spiro atoms. The van der Waals surface area contributed by atoms with E-state index in [0.29, 0.717) is 11.3 Å². The van der Waals surface area contributed by atoms with Gasteiger partial charge in [-0.1, -0.05) is 0 Å². The lowest BCUT2D eigenvalue weighted by atomic mass is 10.2. The number of carbonyl (C=O) groups excluding carboxylic acids is 3. The molecule has 2 amide bonds. The van der Waals surface area contributed by atoms with Gasteiger partial charge in [0.15, 0.2) is 0 Å². The third-order valence-corrected chi connectivity index (χ3v) is 2.62. The summed E-state index contributed by atoms with van der Waals surface area (Å²) in [4.78, 5) is 34.8. The van der Waals surface area contributed by atoms with Crippen LogP contribution in [-0.4, -0.2) is 17.1 Å². The Balaban J connectivity index is 2.31. The highest BCUT2D eigenvalue weighted by Crippen LogP contribution is 2.22. The number of anilines is 1. The molecule has 0 radical (unpaired) electrons. The zero-order valence-electron chi connectivity index (χ0n) is 8.27. The summed E-state index contributed by atoms with van der Waals surface area (Å²) in [5.74, 6) is -0.426. The van der Waals surface area contributed by atoms with E-state index in [1.165, 1.54) is 24.3 Å². The van der Waals surface area contributed by atoms with Crippen LogP contribution < -0.4 is 4.90 Å². The molecule has 1 aromatic rings. The van der Waals surface area contributed by atoms with Crippen molar-refractivity contribution in [3.63, 3.8) is 0 Å². The predicted molar refractivity (Wildman–Crippen MR) is 58.4 cm³/mol. The van der Waals surface area contributed by atoms with Gasteiger partial charge in [-0.05, 0) is 35.9 Å². The molecule has 0 N–H and O–H groups in total. The fourth-order valence-electron chi connectivity index (χ4n) is 1.61. The highest BCUT2D eigenvalue weighted by molar-refractivity contribution is 6.67. The number of carbonyl (C=O) groups is 3. The second-order valence-electron chi connectivity index (χ2n) is 3.44. The van der Waals surface area contributed by atoms with Crippen molar-refractivity contribution in [1.29, 1.82) is 0 Å². The number of nitrogens with zero attached hydrogens (tertiary/aromatic N) is 1. The zero-order valence-corrected chi connectivity index (χ0v) is 9.03. The molecule has 1 aromatic carbocycles. The van der Waals surface area contributed by atoms with Crippen LogP contribution in [0.3, 0.4) is 0 Å². The summed E-state index contributed by atoms with van der Waals surface area (Å²) in [6.45, 7) is 0. The van der Waals surface area contributed by atoms with E-state index in [9.17, 15) is 14.4 Å². The Morgan fingerprint density at radius 2 is 1.56 bits per heavy atom. The van der Waals surface area contributed by atoms with E-state index in [0.717, 1.165) is 4.90 Å². The first-order valence-electron chi connectivity index (χ1n) is 4.75. The summed E-state index contributed by atoms with van der Waals surface area (Å²) in [5, 5.41) is -0.564. The van der Waals surface area contributed by atoms with E-state index in [4.69, 9.17) is 11.6 Å². The van der Waals surface area contributed by atoms with E-state index in [1.54, 1.807) is 0 Å². The van der Waals surface area contributed by atoms with Crippen LogP contribution in [-0.2, 0) is 9.59 Å². The minimum absolute atomic E-state index is 0.213. The number of hydrogen-bond donors (Lipinski definition) is 0. The Morgan fingerprint density at radius 3 is 2.00 bits per heavy atom. The number of hydrogen-bond acceptors (Lipinski definition) is 3. The largest absolute Gasteiger partial charge is 0.276 e. The minimum Gasteiger partial charge on any atom is -0.276 e. The van der Waals surface area contributed by atoms with Crippen molar-refractivity contribution in [2.45, 2.75) is 12.8 Å². The van der Waals surface area contributed by atoms with Gasteiger partial charge in [-0.3, -0.25) is 19.3 Å². The molecule has 5 heteroatoms. The van der Waals surface area contributed by atoms with Gasteiger partial charge in [0.05, 0.1) is 5.69 Å². The van der Waals surface area contributed by atoms with Crippen molar-refractivity contribution in [2.75, 3.05) is 4.90 Å². The van der Waals surface area contributed by atoms with Crippen molar-refractivity contribution >= 4 is 34.3 Å². The first kappa shape index (κ1) is 10.8. The fraction of sp³-hybridized carbons (Fsp3) is 0.182. The van der Waals surface area contributed by atoms with Crippen molar-refractivity contribution in [3.05, 3.63) is 29.8 Å². The monoisotopic (exact) mass is 237 g/mol. The van der Waals surface area contributed by atoms with Crippen LogP contribution in [0.2, 0.25) is 0 Å². The van der Waals surface area contributed by atoms with Crippen LogP contribution in [0.4, 0.5) is 5.69 Å². The molecule has 4 nitrogen and oxygen atoms in total. The molecule has 0 atom stereocenters. The summed E-state index contributed by atoms with van der Waals surface area (Å²) in [6, 6.07) is 6.06. The summed E-state index contributed by atoms with van der Waals surface area (Å²) < 4.78 is 0. The molecule has 0 bridgehead atoms. The van der Waals surface area contributed by atoms with Gasteiger partial charge in [0.1, 0.15) is 0 Å². The average molecular weight is 238 g/mol. The van der Waals surface area contributed by atoms with Gasteiger partial charge in [-0.15, -0.1) is 0 Å². The molecule has 0 saturated carbocycles. The van der Waals surface area contributed by atoms with Crippen molar-refractivity contribution in [1.82, 2.24) is 0 Å². The third kappa shape index (κ3) is 1.84. The van der Waals surface area contributed by atoms with Gasteiger partial charge in [0.2, 0.25) is 11.8 Å². The normalized spacial score (nSPS) is 15.7. The highest BCUT2D eigenvalue weighted by Gasteiger charge is 2.30. The van der Waals surface area contributed by atoms with Crippen molar-refractivity contribution < 1.29 is 14.4 Å². The zero-order chi connectivity index (χ0) is 11.7. The van der Waals surface area contributed by atoms with Crippen molar-refractivity contribution in [2.24, 2.45) is 0 Å². The van der Waals surface area contributed by atoms with Crippen LogP contribution in [0.15, 0.2) is 24.3 Å². The van der Waals surface area contributed by atoms with E-state index < -0.39 is 5.24 Å². The molecule has 1 heterocycles. The van der Waals surface area contributed by atoms with E-state index in [-0.39, 0.29) is 24.7 Å². The Labute approximate surface area is 96.8 Å². The van der Waals surface area contributed by atoms with E-state index in [1.807, 2.05) is 0 Å². The van der Waals surface area contributed by atoms with Crippen LogP contribution >= 0.6 is 11.6 Å². The summed E-state index contributed by atoms with van der Waals surface area (Å²) >= 11 is 5.29. The summed E-state index contributed by atoms with van der Waals surface area (Å²) in [7, 11) is 0. The van der Waals surface area contributed by atoms with Gasteiger partial charge in [-0.25, -0.2) is 0 Å². The molecule has 1 saturated heterocycles. The minimum atomic E-state index is -0.564. The van der Waals surface area contributed by atoms with Crippen LogP contribution in [0.25, 0.3) is 0 Å². The lowest BCUT2D eigenvalue weighted by Crippen LogP contribution is -2.28. The Bertz CT molecular complexity index is 451. The Hall–Kier alpha value is -1.68. The lowest BCUT2D eigenvalue weighted by molar-refractivity contribution is -0.121. The maximum atomic E-state index is 11.4. The Kier molecular flexibility index (Phi) is 2.75. The van der Waals surface area contributed by atoms with Crippen molar-refractivity contribution in [3.8, 4) is 0 Å². The van der Waals surface area contributed by atoms with Crippen LogP contribution in [0.1, 0.15) is 23.2 Å². The number of rotatable bonds is 2. The van der Waals surface area contributed by atoms with E-state index >= 15 is 0 Å².